The molecule has 0 aliphatic heterocycles. The maximum atomic E-state index is 14.2. The third kappa shape index (κ3) is 6.13. The summed E-state index contributed by atoms with van der Waals surface area (Å²) < 4.78 is 72.3. The molecule has 4 heterocycles. The van der Waals surface area contributed by atoms with Crippen molar-refractivity contribution in [2.24, 2.45) is 0 Å². The van der Waals surface area contributed by atoms with E-state index in [-0.39, 0.29) is 57.9 Å². The number of carbonyl (C=O) groups excluding carboxylic acids is 6. The molecular formula is C46H22F4N2O8S2. The summed E-state index contributed by atoms with van der Waals surface area (Å²) in [5.74, 6) is -8.71. The van der Waals surface area contributed by atoms with Crippen molar-refractivity contribution in [1.82, 2.24) is 9.13 Å². The summed E-state index contributed by atoms with van der Waals surface area (Å²) >= 11 is 2.26. The molecule has 0 atom stereocenters. The quantitative estimate of drug-likeness (QED) is 0.0917. The summed E-state index contributed by atoms with van der Waals surface area (Å²) in [4.78, 5) is 82.0. The van der Waals surface area contributed by atoms with E-state index in [2.05, 4.69) is 0 Å². The van der Waals surface area contributed by atoms with Gasteiger partial charge in [0.05, 0.1) is 52.4 Å². The van der Waals surface area contributed by atoms with E-state index in [4.69, 9.17) is 9.47 Å². The number of hydrogen-bond donors (Lipinski definition) is 0. The number of halogens is 4. The summed E-state index contributed by atoms with van der Waals surface area (Å²) in [5.41, 5.74) is -0.227. The topological polar surface area (TPSA) is 131 Å². The lowest BCUT2D eigenvalue weighted by atomic mass is 10.1. The number of ether oxygens (including phenoxy) is 2. The highest BCUT2D eigenvalue weighted by molar-refractivity contribution is 7.36. The van der Waals surface area contributed by atoms with Crippen molar-refractivity contribution in [2.45, 2.75) is 13.2 Å². The molecule has 8 aromatic rings. The van der Waals surface area contributed by atoms with E-state index >= 15 is 0 Å². The fourth-order valence-electron chi connectivity index (χ4n) is 7.58. The van der Waals surface area contributed by atoms with Gasteiger partial charge in [-0.3, -0.25) is 19.2 Å². The molecule has 10 nitrogen and oxygen atoms in total. The summed E-state index contributed by atoms with van der Waals surface area (Å²) in [6, 6.07) is 23.2. The number of rotatable bonds is 6. The van der Waals surface area contributed by atoms with Crippen LogP contribution in [0.4, 0.5) is 27.2 Å². The van der Waals surface area contributed by atoms with Gasteiger partial charge in [0.2, 0.25) is 0 Å². The maximum Gasteiger partial charge on any atom is 0.419 e. The lowest BCUT2D eigenvalue weighted by Gasteiger charge is -2.09. The van der Waals surface area contributed by atoms with Gasteiger partial charge in [0.1, 0.15) is 13.2 Å². The number of thiophene rings is 2. The zero-order valence-corrected chi connectivity index (χ0v) is 32.9. The molecule has 304 valence electrons. The zero-order valence-electron chi connectivity index (χ0n) is 31.3. The molecule has 0 unspecified atom stereocenters. The number of fused-ring (bicyclic) bond motifs is 7. The minimum absolute atomic E-state index is 0.0380. The van der Waals surface area contributed by atoms with Crippen molar-refractivity contribution in [3.8, 4) is 0 Å². The summed E-state index contributed by atoms with van der Waals surface area (Å²) in [7, 11) is 0. The highest BCUT2D eigenvalue weighted by atomic mass is 32.1. The minimum Gasteiger partial charge on any atom is -0.444 e. The third-order valence-corrected chi connectivity index (χ3v) is 12.9. The van der Waals surface area contributed by atoms with E-state index in [0.29, 0.717) is 54.2 Å². The number of aromatic nitrogens is 2. The Bertz CT molecular complexity index is 3100. The van der Waals surface area contributed by atoms with E-state index < -0.39 is 69.7 Å². The molecule has 0 fully saturated rings. The van der Waals surface area contributed by atoms with Gasteiger partial charge in [-0.05, 0) is 59.7 Å². The normalized spacial score (nSPS) is 13.5. The Kier molecular flexibility index (Phi) is 9.08. The Balaban J connectivity index is 1.14. The fraction of sp³-hybridized carbons (Fsp3) is 0.0435. The second kappa shape index (κ2) is 14.6. The van der Waals surface area contributed by atoms with Crippen LogP contribution < -0.4 is 0 Å². The minimum atomic E-state index is -1.31. The lowest BCUT2D eigenvalue weighted by Crippen LogP contribution is -2.15. The van der Waals surface area contributed by atoms with Gasteiger partial charge in [0, 0.05) is 22.3 Å². The maximum absolute atomic E-state index is 14.2. The molecule has 0 amide bonds. The molecule has 0 bridgehead atoms. The van der Waals surface area contributed by atoms with E-state index in [0.717, 1.165) is 44.0 Å². The van der Waals surface area contributed by atoms with Crippen LogP contribution in [0, 0.1) is 23.3 Å². The highest BCUT2D eigenvalue weighted by Crippen LogP contribution is 2.47. The Morgan fingerprint density at radius 2 is 0.823 bits per heavy atom. The van der Waals surface area contributed by atoms with Crippen LogP contribution in [0.1, 0.15) is 63.9 Å². The lowest BCUT2D eigenvalue weighted by molar-refractivity contribution is 0.0974. The Labute approximate surface area is 353 Å². The van der Waals surface area contributed by atoms with Crippen LogP contribution in [0.25, 0.3) is 42.0 Å². The van der Waals surface area contributed by atoms with Gasteiger partial charge in [-0.1, -0.05) is 60.7 Å². The molecule has 16 heteroatoms. The van der Waals surface area contributed by atoms with Crippen LogP contribution in [-0.4, -0.2) is 44.5 Å². The Morgan fingerprint density at radius 3 is 1.15 bits per heavy atom. The number of ketones is 4. The van der Waals surface area contributed by atoms with Crippen molar-refractivity contribution >= 4 is 100.0 Å². The van der Waals surface area contributed by atoms with Crippen molar-refractivity contribution in [3.05, 3.63) is 176 Å². The van der Waals surface area contributed by atoms with Gasteiger partial charge in [0.25, 0.3) is 0 Å². The highest BCUT2D eigenvalue weighted by Gasteiger charge is 2.37. The average Bonchev–Trinajstić information content (AvgIpc) is 4.07. The summed E-state index contributed by atoms with van der Waals surface area (Å²) in [6.07, 6.45) is 0.518. The zero-order chi connectivity index (χ0) is 43.1. The van der Waals surface area contributed by atoms with Crippen LogP contribution in [0.3, 0.4) is 0 Å². The summed E-state index contributed by atoms with van der Waals surface area (Å²) in [5, 5.41) is 0. The third-order valence-electron chi connectivity index (χ3n) is 10.5. The first-order valence-electron chi connectivity index (χ1n) is 18.5. The molecule has 4 aromatic carbocycles. The van der Waals surface area contributed by atoms with Crippen LogP contribution in [0.15, 0.2) is 108 Å². The van der Waals surface area contributed by atoms with E-state index in [1.807, 2.05) is 0 Å². The van der Waals surface area contributed by atoms with Gasteiger partial charge >= 0.3 is 12.2 Å². The van der Waals surface area contributed by atoms with Crippen LogP contribution >= 0.6 is 22.7 Å². The van der Waals surface area contributed by atoms with E-state index in [1.165, 1.54) is 12.1 Å². The summed E-state index contributed by atoms with van der Waals surface area (Å²) in [6.45, 7) is -0.318. The number of Topliss-reactive ketones (excluding diaryl/α,β-unsaturated/α-hetero) is 4. The number of carbonyl (C=O) groups is 6. The molecule has 0 N–H and O–H groups in total. The molecule has 62 heavy (non-hydrogen) atoms. The predicted molar refractivity (Wildman–Crippen MR) is 221 cm³/mol. The van der Waals surface area contributed by atoms with Crippen molar-refractivity contribution < 1.29 is 55.8 Å². The van der Waals surface area contributed by atoms with Gasteiger partial charge in [-0.15, -0.1) is 22.7 Å². The van der Waals surface area contributed by atoms with E-state index in [9.17, 15) is 46.3 Å². The number of allylic oxidation sites excluding steroid dienone is 2. The molecule has 2 aliphatic carbocycles. The van der Waals surface area contributed by atoms with Crippen molar-refractivity contribution in [2.75, 3.05) is 0 Å². The second-order valence-electron chi connectivity index (χ2n) is 14.2. The van der Waals surface area contributed by atoms with E-state index in [1.54, 1.807) is 60.7 Å². The van der Waals surface area contributed by atoms with Crippen molar-refractivity contribution in [1.29, 1.82) is 0 Å². The number of benzene rings is 4. The molecule has 0 saturated heterocycles. The van der Waals surface area contributed by atoms with Gasteiger partial charge < -0.3 is 9.47 Å². The number of hydrogen-bond acceptors (Lipinski definition) is 10. The molecule has 2 aliphatic rings. The Morgan fingerprint density at radius 1 is 0.500 bits per heavy atom. The molecule has 4 aromatic heterocycles. The van der Waals surface area contributed by atoms with Crippen molar-refractivity contribution in [3.63, 3.8) is 0 Å². The standard InChI is InChI=1S/C46H22F4N2O8S2/c47-31-15-25-26(16-32(31)48)40(54)29(39(25)53)11-23-13-35-37(51(23)45(57)59-19-21-7-3-1-4-8-21)43-44(61-35)38-36(62-43)14-24(52(38)46(58)60-20-22-9-5-2-6-10-22)12-30-41(55)27-17-33(49)34(50)18-28(27)42(30)56/h1-18H,19-20H2. The monoisotopic (exact) mass is 870 g/mol. The number of nitrogens with zero attached hydrogens (tertiary/aromatic N) is 2. The fourth-order valence-corrected chi connectivity index (χ4v) is 10.3. The average molecular weight is 871 g/mol. The second-order valence-corrected chi connectivity index (χ2v) is 16.3. The first-order valence-corrected chi connectivity index (χ1v) is 20.2. The molecular weight excluding hydrogens is 849 g/mol. The van der Waals surface area contributed by atoms with Crippen LogP contribution in [0.5, 0.6) is 0 Å². The molecule has 0 spiro atoms. The smallest absolute Gasteiger partial charge is 0.419 e. The van der Waals surface area contributed by atoms with Gasteiger partial charge in [0.15, 0.2) is 46.4 Å². The predicted octanol–water partition coefficient (Wildman–Crippen LogP) is 10.7. The van der Waals surface area contributed by atoms with Crippen LogP contribution in [-0.2, 0) is 22.7 Å². The van der Waals surface area contributed by atoms with Gasteiger partial charge in [-0.25, -0.2) is 36.3 Å². The largest absolute Gasteiger partial charge is 0.444 e. The molecule has 0 saturated carbocycles. The Hall–Kier alpha value is -7.56. The van der Waals surface area contributed by atoms with Crippen LogP contribution in [0.2, 0.25) is 0 Å². The first kappa shape index (κ1) is 38.6. The first-order chi connectivity index (χ1) is 29.9. The molecule has 10 rings (SSSR count). The van der Waals surface area contributed by atoms with Gasteiger partial charge in [-0.2, -0.15) is 0 Å². The SMILES string of the molecule is O=C1C(=Cc2cc3sc4c(sc5cc(C=C6C(=O)c7cc(F)c(F)cc7C6=O)n(C(=O)OCc6ccccc6)c54)c3n2C(=O)OCc2ccccc2)C(=O)c2cc(F)c(F)cc21. The molecule has 0 radical (unpaired) electrons.